The van der Waals surface area contributed by atoms with Gasteiger partial charge in [-0.05, 0) is 53.5 Å². The average molecular weight is 381 g/mol. The first-order chi connectivity index (χ1) is 12.6. The third-order valence-electron chi connectivity index (χ3n) is 3.58. The number of rotatable bonds is 8. The highest BCUT2D eigenvalue weighted by atomic mass is 16.6. The monoisotopic (exact) mass is 380 g/mol. The van der Waals surface area contributed by atoms with Crippen molar-refractivity contribution in [1.82, 2.24) is 25.7 Å². The Morgan fingerprint density at radius 2 is 1.93 bits per heavy atom. The van der Waals surface area contributed by atoms with Crippen LogP contribution < -0.4 is 16.0 Å². The molecule has 1 amide bonds. The van der Waals surface area contributed by atoms with Gasteiger partial charge in [0.05, 0.1) is 5.69 Å². The van der Waals surface area contributed by atoms with Crippen molar-refractivity contribution in [1.29, 1.82) is 0 Å². The van der Waals surface area contributed by atoms with E-state index < -0.39 is 11.7 Å². The van der Waals surface area contributed by atoms with Crippen LogP contribution in [0.25, 0.3) is 0 Å². The number of aliphatic imine (C=N–C) groups is 1. The molecule has 0 spiro atoms. The molecule has 0 bridgehead atoms. The molecule has 0 aliphatic carbocycles. The highest BCUT2D eigenvalue weighted by molar-refractivity contribution is 5.79. The number of ether oxygens (including phenoxy) is 1. The Hall–Kier alpha value is -2.25. The molecule has 8 heteroatoms. The van der Waals surface area contributed by atoms with Gasteiger partial charge in [0.1, 0.15) is 5.60 Å². The molecule has 0 radical (unpaired) electrons. The normalized spacial score (nSPS) is 13.2. The fourth-order valence-corrected chi connectivity index (χ4v) is 2.46. The lowest BCUT2D eigenvalue weighted by molar-refractivity contribution is 0.0529. The summed E-state index contributed by atoms with van der Waals surface area (Å²) in [5.41, 5.74) is 1.72. The van der Waals surface area contributed by atoms with E-state index in [0.29, 0.717) is 25.6 Å². The van der Waals surface area contributed by atoms with Gasteiger partial charge in [0.25, 0.3) is 0 Å². The highest BCUT2D eigenvalue weighted by Crippen LogP contribution is 2.07. The van der Waals surface area contributed by atoms with Crippen LogP contribution in [0.5, 0.6) is 0 Å². The molecule has 27 heavy (non-hydrogen) atoms. The molecule has 0 aromatic carbocycles. The van der Waals surface area contributed by atoms with Crippen molar-refractivity contribution in [2.45, 2.75) is 60.6 Å². The van der Waals surface area contributed by atoms with E-state index in [2.05, 4.69) is 46.0 Å². The van der Waals surface area contributed by atoms with Crippen molar-refractivity contribution < 1.29 is 9.53 Å². The van der Waals surface area contributed by atoms with Crippen molar-refractivity contribution in [3.8, 4) is 0 Å². The zero-order valence-corrected chi connectivity index (χ0v) is 17.8. The smallest absolute Gasteiger partial charge is 0.407 e. The maximum atomic E-state index is 11.6. The number of carbonyl (C=O) groups excluding carboxylic acids is 1. The predicted molar refractivity (Wildman–Crippen MR) is 109 cm³/mol. The van der Waals surface area contributed by atoms with E-state index in [1.807, 2.05) is 39.3 Å². The summed E-state index contributed by atoms with van der Waals surface area (Å²) in [4.78, 5) is 16.3. The fourth-order valence-electron chi connectivity index (χ4n) is 2.46. The van der Waals surface area contributed by atoms with Crippen molar-refractivity contribution in [2.75, 3.05) is 26.2 Å². The molecule has 0 saturated heterocycles. The van der Waals surface area contributed by atoms with E-state index in [9.17, 15) is 4.79 Å². The zero-order chi connectivity index (χ0) is 20.4. The molecule has 0 aliphatic heterocycles. The number of aryl methyl sites for hydroxylation is 2. The maximum Gasteiger partial charge on any atom is 0.407 e. The van der Waals surface area contributed by atoms with Gasteiger partial charge in [-0.25, -0.2) is 4.79 Å². The number of hydrogen-bond donors (Lipinski definition) is 3. The maximum absolute atomic E-state index is 11.6. The van der Waals surface area contributed by atoms with E-state index in [1.165, 1.54) is 5.69 Å². The van der Waals surface area contributed by atoms with Crippen LogP contribution in [0.15, 0.2) is 11.1 Å². The molecule has 0 saturated carbocycles. The summed E-state index contributed by atoms with van der Waals surface area (Å²) in [6.07, 6.45) is -0.412. The summed E-state index contributed by atoms with van der Waals surface area (Å²) < 4.78 is 7.24. The summed E-state index contributed by atoms with van der Waals surface area (Å²) in [5, 5.41) is 13.7. The van der Waals surface area contributed by atoms with Crippen LogP contribution in [0, 0.1) is 19.8 Å². The van der Waals surface area contributed by atoms with Gasteiger partial charge in [0.15, 0.2) is 5.96 Å². The first-order valence-electron chi connectivity index (χ1n) is 9.60. The molecule has 154 valence electrons. The molecule has 3 N–H and O–H groups in total. The van der Waals surface area contributed by atoms with E-state index in [4.69, 9.17) is 4.74 Å². The van der Waals surface area contributed by atoms with Crippen LogP contribution in [0.1, 0.15) is 46.0 Å². The van der Waals surface area contributed by atoms with Gasteiger partial charge < -0.3 is 20.7 Å². The Morgan fingerprint density at radius 3 is 2.48 bits per heavy atom. The van der Waals surface area contributed by atoms with Crippen LogP contribution >= 0.6 is 0 Å². The number of nitrogens with zero attached hydrogens (tertiary/aromatic N) is 3. The molecule has 1 aromatic heterocycles. The third-order valence-corrected chi connectivity index (χ3v) is 3.58. The number of carbonyl (C=O) groups is 1. The Labute approximate surface area is 163 Å². The first-order valence-corrected chi connectivity index (χ1v) is 9.60. The molecule has 0 aliphatic rings. The number of amides is 1. The summed E-state index contributed by atoms with van der Waals surface area (Å²) in [5.74, 6) is 1.10. The molecule has 1 atom stereocenters. The van der Waals surface area contributed by atoms with E-state index >= 15 is 0 Å². The predicted octanol–water partition coefficient (Wildman–Crippen LogP) is 2.22. The van der Waals surface area contributed by atoms with Gasteiger partial charge in [-0.15, -0.1) is 0 Å². The van der Waals surface area contributed by atoms with Gasteiger partial charge >= 0.3 is 6.09 Å². The fraction of sp³-hybridized carbons (Fsp3) is 0.737. The summed E-state index contributed by atoms with van der Waals surface area (Å²) >= 11 is 0. The molecular formula is C19H36N6O2. The zero-order valence-electron chi connectivity index (χ0n) is 17.8. The van der Waals surface area contributed by atoms with Crippen LogP contribution in [0.3, 0.4) is 0 Å². The van der Waals surface area contributed by atoms with E-state index in [1.54, 1.807) is 0 Å². The van der Waals surface area contributed by atoms with Crippen LogP contribution in [0.2, 0.25) is 0 Å². The van der Waals surface area contributed by atoms with Crippen LogP contribution in [0.4, 0.5) is 4.79 Å². The topological polar surface area (TPSA) is 92.6 Å². The van der Waals surface area contributed by atoms with Gasteiger partial charge in [0.2, 0.25) is 0 Å². The Balaban J connectivity index is 2.40. The summed E-state index contributed by atoms with van der Waals surface area (Å²) in [6, 6.07) is 2.08. The van der Waals surface area contributed by atoms with E-state index in [-0.39, 0.29) is 0 Å². The number of guanidine groups is 1. The van der Waals surface area contributed by atoms with Crippen LogP contribution in [-0.4, -0.2) is 53.6 Å². The number of nitrogens with one attached hydrogen (secondary N) is 3. The number of aromatic nitrogens is 2. The Kier molecular flexibility index (Phi) is 9.11. The van der Waals surface area contributed by atoms with Crippen molar-refractivity contribution in [3.05, 3.63) is 17.5 Å². The molecule has 0 fully saturated rings. The second kappa shape index (κ2) is 10.8. The third kappa shape index (κ3) is 9.86. The average Bonchev–Trinajstić information content (AvgIpc) is 2.84. The molecule has 1 unspecified atom stereocenters. The second-order valence-corrected chi connectivity index (χ2v) is 7.79. The lowest BCUT2D eigenvalue weighted by atomic mass is 10.2. The van der Waals surface area contributed by atoms with Crippen molar-refractivity contribution in [2.24, 2.45) is 10.9 Å². The number of alkyl carbamates (subject to hydrolysis) is 1. The van der Waals surface area contributed by atoms with Crippen LogP contribution in [-0.2, 0) is 11.3 Å². The van der Waals surface area contributed by atoms with Crippen molar-refractivity contribution in [3.63, 3.8) is 0 Å². The minimum Gasteiger partial charge on any atom is -0.444 e. The minimum atomic E-state index is -0.491. The second-order valence-electron chi connectivity index (χ2n) is 7.79. The van der Waals surface area contributed by atoms with Crippen molar-refractivity contribution >= 4 is 12.1 Å². The van der Waals surface area contributed by atoms with Gasteiger partial charge in [-0.2, -0.15) is 5.10 Å². The molecule has 1 aromatic rings. The molecule has 1 rings (SSSR count). The van der Waals surface area contributed by atoms with E-state index in [0.717, 1.165) is 24.7 Å². The summed E-state index contributed by atoms with van der Waals surface area (Å²) in [6.45, 7) is 17.1. The first kappa shape index (κ1) is 22.8. The Morgan fingerprint density at radius 1 is 1.26 bits per heavy atom. The molecule has 8 nitrogen and oxygen atoms in total. The lowest BCUT2D eigenvalue weighted by Gasteiger charge is -2.20. The standard InChI is InChI=1S/C19H36N6O2/c1-8-20-17(21-9-10-22-18(26)27-19(5,6)7)23-12-14(2)13-25-16(4)11-15(3)24-25/h11,14H,8-10,12-13H2,1-7H3,(H,22,26)(H2,20,21,23). The quantitative estimate of drug-likeness (QED) is 0.365. The molecule has 1 heterocycles. The lowest BCUT2D eigenvalue weighted by Crippen LogP contribution is -2.42. The highest BCUT2D eigenvalue weighted by Gasteiger charge is 2.15. The van der Waals surface area contributed by atoms with Gasteiger partial charge in [0, 0.05) is 38.4 Å². The minimum absolute atomic E-state index is 0.360. The molecular weight excluding hydrogens is 344 g/mol. The number of hydrogen-bond acceptors (Lipinski definition) is 4. The van der Waals surface area contributed by atoms with Gasteiger partial charge in [-0.3, -0.25) is 9.67 Å². The van der Waals surface area contributed by atoms with Gasteiger partial charge in [-0.1, -0.05) is 6.92 Å². The summed E-state index contributed by atoms with van der Waals surface area (Å²) in [7, 11) is 0. The Bertz CT molecular complexity index is 618. The largest absolute Gasteiger partial charge is 0.444 e. The SMILES string of the molecule is CCNC(=NCC(C)Cn1nc(C)cc1C)NCCNC(=O)OC(C)(C)C.